The van der Waals surface area contributed by atoms with Gasteiger partial charge in [0.15, 0.2) is 0 Å². The van der Waals surface area contributed by atoms with Crippen LogP contribution >= 0.6 is 0 Å². The van der Waals surface area contributed by atoms with Crippen molar-refractivity contribution in [2.24, 2.45) is 0 Å². The number of ether oxygens (including phenoxy) is 3. The van der Waals surface area contributed by atoms with Crippen LogP contribution in [0.3, 0.4) is 0 Å². The average molecular weight is 420 g/mol. The number of hydrogen-bond donors (Lipinski definition) is 0. The van der Waals surface area contributed by atoms with E-state index in [1.54, 1.807) is 0 Å². The summed E-state index contributed by atoms with van der Waals surface area (Å²) < 4.78 is 17.3. The summed E-state index contributed by atoms with van der Waals surface area (Å²) in [6, 6.07) is 8.27. The van der Waals surface area contributed by atoms with Gasteiger partial charge in [-0.15, -0.1) is 0 Å². The number of nitrogens with zero attached hydrogens (tertiary/aromatic N) is 1. The quantitative estimate of drug-likeness (QED) is 0.329. The molecule has 0 bridgehead atoms. The minimum absolute atomic E-state index is 0.0324. The first-order valence-electron chi connectivity index (χ1n) is 11.7. The standard InChI is InChI=1S/C25H41NO4/c1-5-6-7-8-9-10-18-28-22-13-11-21(12-14-22)23-20-26(17-19-29-23)16-15-24(27)30-25(2,3)4/h11-14,23H,5-10,15-20H2,1-4H3. The maximum absolute atomic E-state index is 12.0. The number of carbonyl (C=O) groups excluding carboxylic acids is 1. The number of carbonyl (C=O) groups is 1. The van der Waals surface area contributed by atoms with Crippen molar-refractivity contribution in [2.75, 3.05) is 32.8 Å². The van der Waals surface area contributed by atoms with Crippen LogP contribution in [0.5, 0.6) is 5.75 Å². The molecule has 1 heterocycles. The minimum Gasteiger partial charge on any atom is -0.494 e. The van der Waals surface area contributed by atoms with Crippen molar-refractivity contribution < 1.29 is 19.0 Å². The summed E-state index contributed by atoms with van der Waals surface area (Å²) in [4.78, 5) is 14.2. The molecule has 1 aliphatic rings. The Morgan fingerprint density at radius 3 is 2.50 bits per heavy atom. The van der Waals surface area contributed by atoms with E-state index in [9.17, 15) is 4.79 Å². The summed E-state index contributed by atoms with van der Waals surface area (Å²) >= 11 is 0. The van der Waals surface area contributed by atoms with Crippen molar-refractivity contribution in [2.45, 2.75) is 84.3 Å². The second-order valence-corrected chi connectivity index (χ2v) is 9.18. The molecule has 1 atom stereocenters. The predicted molar refractivity (Wildman–Crippen MR) is 121 cm³/mol. The van der Waals surface area contributed by atoms with Crippen LogP contribution in [0.2, 0.25) is 0 Å². The summed E-state index contributed by atoms with van der Waals surface area (Å²) in [7, 11) is 0. The van der Waals surface area contributed by atoms with Crippen LogP contribution in [-0.2, 0) is 14.3 Å². The lowest BCUT2D eigenvalue weighted by atomic mass is 10.1. The van der Waals surface area contributed by atoms with E-state index in [2.05, 4.69) is 24.0 Å². The molecule has 0 spiro atoms. The third kappa shape index (κ3) is 9.94. The molecule has 0 amide bonds. The van der Waals surface area contributed by atoms with Gasteiger partial charge in [0.2, 0.25) is 0 Å². The van der Waals surface area contributed by atoms with Crippen molar-refractivity contribution in [3.63, 3.8) is 0 Å². The summed E-state index contributed by atoms with van der Waals surface area (Å²) in [5.41, 5.74) is 0.729. The van der Waals surface area contributed by atoms with Crippen LogP contribution in [0.4, 0.5) is 0 Å². The summed E-state index contributed by atoms with van der Waals surface area (Å²) in [6.45, 7) is 11.7. The first-order chi connectivity index (χ1) is 14.4. The highest BCUT2D eigenvalue weighted by atomic mass is 16.6. The Morgan fingerprint density at radius 2 is 1.80 bits per heavy atom. The Balaban J connectivity index is 1.70. The SMILES string of the molecule is CCCCCCCCOc1ccc(C2CN(CCC(=O)OC(C)(C)C)CCO2)cc1. The van der Waals surface area contributed by atoms with Gasteiger partial charge in [-0.2, -0.15) is 0 Å². The van der Waals surface area contributed by atoms with Gasteiger partial charge in [0.25, 0.3) is 0 Å². The van der Waals surface area contributed by atoms with Crippen LogP contribution in [0.25, 0.3) is 0 Å². The van der Waals surface area contributed by atoms with Crippen molar-refractivity contribution in [1.82, 2.24) is 4.90 Å². The summed E-state index contributed by atoms with van der Waals surface area (Å²) in [6.07, 6.45) is 8.07. The number of rotatable bonds is 12. The Hall–Kier alpha value is -1.59. The highest BCUT2D eigenvalue weighted by Crippen LogP contribution is 2.25. The summed E-state index contributed by atoms with van der Waals surface area (Å²) in [5, 5.41) is 0. The molecule has 5 heteroatoms. The molecule has 5 nitrogen and oxygen atoms in total. The van der Waals surface area contributed by atoms with Crippen LogP contribution < -0.4 is 4.74 Å². The molecular formula is C25H41NO4. The van der Waals surface area contributed by atoms with Gasteiger partial charge in [0.1, 0.15) is 11.4 Å². The number of unbranched alkanes of at least 4 members (excludes halogenated alkanes) is 5. The Labute approximate surface area is 183 Å². The van der Waals surface area contributed by atoms with Crippen molar-refractivity contribution >= 4 is 5.97 Å². The minimum atomic E-state index is -0.427. The topological polar surface area (TPSA) is 48.0 Å². The molecule has 30 heavy (non-hydrogen) atoms. The Bertz CT molecular complexity index is 609. The monoisotopic (exact) mass is 419 g/mol. The molecule has 0 N–H and O–H groups in total. The van der Waals surface area contributed by atoms with E-state index in [0.717, 1.165) is 37.4 Å². The third-order valence-corrected chi connectivity index (χ3v) is 5.22. The van der Waals surface area contributed by atoms with Crippen molar-refractivity contribution in [3.8, 4) is 5.75 Å². The van der Waals surface area contributed by atoms with Crippen LogP contribution in [0.15, 0.2) is 24.3 Å². The van der Waals surface area contributed by atoms with Gasteiger partial charge in [-0.3, -0.25) is 9.69 Å². The van der Waals surface area contributed by atoms with E-state index in [0.29, 0.717) is 19.6 Å². The molecule has 1 aromatic rings. The van der Waals surface area contributed by atoms with Gasteiger partial charge in [-0.25, -0.2) is 0 Å². The van der Waals surface area contributed by atoms with Gasteiger partial charge in [0, 0.05) is 19.6 Å². The lowest BCUT2D eigenvalue weighted by molar-refractivity contribution is -0.155. The highest BCUT2D eigenvalue weighted by Gasteiger charge is 2.23. The first kappa shape index (κ1) is 24.7. The van der Waals surface area contributed by atoms with E-state index in [-0.39, 0.29) is 12.1 Å². The molecule has 170 valence electrons. The lowest BCUT2D eigenvalue weighted by Gasteiger charge is -2.33. The predicted octanol–water partition coefficient (Wildman–Crippen LogP) is 5.53. The molecule has 0 radical (unpaired) electrons. The molecule has 1 aromatic carbocycles. The van der Waals surface area contributed by atoms with Gasteiger partial charge in [-0.1, -0.05) is 51.2 Å². The van der Waals surface area contributed by atoms with E-state index >= 15 is 0 Å². The fourth-order valence-corrected chi connectivity index (χ4v) is 3.60. The second kappa shape index (κ2) is 13.0. The van der Waals surface area contributed by atoms with Gasteiger partial charge in [0.05, 0.1) is 25.7 Å². The van der Waals surface area contributed by atoms with Crippen molar-refractivity contribution in [1.29, 1.82) is 0 Å². The van der Waals surface area contributed by atoms with Crippen molar-refractivity contribution in [3.05, 3.63) is 29.8 Å². The van der Waals surface area contributed by atoms with Gasteiger partial charge >= 0.3 is 5.97 Å². The first-order valence-corrected chi connectivity index (χ1v) is 11.7. The van der Waals surface area contributed by atoms with Crippen LogP contribution in [0.1, 0.15) is 84.3 Å². The smallest absolute Gasteiger partial charge is 0.307 e. The van der Waals surface area contributed by atoms with E-state index < -0.39 is 5.60 Å². The second-order valence-electron chi connectivity index (χ2n) is 9.18. The van der Waals surface area contributed by atoms with E-state index in [1.807, 2.05) is 32.9 Å². The molecule has 2 rings (SSSR count). The zero-order chi connectivity index (χ0) is 21.8. The lowest BCUT2D eigenvalue weighted by Crippen LogP contribution is -2.39. The average Bonchev–Trinajstić information content (AvgIpc) is 2.71. The molecule has 0 saturated carbocycles. The largest absolute Gasteiger partial charge is 0.494 e. The molecule has 1 unspecified atom stereocenters. The Morgan fingerprint density at radius 1 is 1.10 bits per heavy atom. The zero-order valence-corrected chi connectivity index (χ0v) is 19.5. The van der Waals surface area contributed by atoms with Crippen LogP contribution in [-0.4, -0.2) is 49.3 Å². The molecule has 0 aliphatic carbocycles. The molecule has 0 aromatic heterocycles. The number of esters is 1. The maximum atomic E-state index is 12.0. The number of morpholine rings is 1. The Kier molecular flexibility index (Phi) is 10.7. The van der Waals surface area contributed by atoms with Gasteiger partial charge < -0.3 is 14.2 Å². The van der Waals surface area contributed by atoms with Crippen LogP contribution in [0, 0.1) is 0 Å². The summed E-state index contributed by atoms with van der Waals surface area (Å²) in [5.74, 6) is 0.780. The van der Waals surface area contributed by atoms with E-state index in [4.69, 9.17) is 14.2 Å². The fraction of sp³-hybridized carbons (Fsp3) is 0.720. The number of benzene rings is 1. The molecule has 1 fully saturated rings. The molecule has 1 saturated heterocycles. The van der Waals surface area contributed by atoms with Gasteiger partial charge in [-0.05, 0) is 44.9 Å². The maximum Gasteiger partial charge on any atom is 0.307 e. The zero-order valence-electron chi connectivity index (χ0n) is 19.5. The fourth-order valence-electron chi connectivity index (χ4n) is 3.60. The highest BCUT2D eigenvalue weighted by molar-refractivity contribution is 5.70. The van der Waals surface area contributed by atoms with E-state index in [1.165, 1.54) is 32.1 Å². The normalized spacial score (nSPS) is 17.7. The third-order valence-electron chi connectivity index (χ3n) is 5.22. The molecule has 1 aliphatic heterocycles. The molecular weight excluding hydrogens is 378 g/mol. The number of hydrogen-bond acceptors (Lipinski definition) is 5.